The van der Waals surface area contributed by atoms with Crippen LogP contribution in [0.2, 0.25) is 0 Å². The van der Waals surface area contributed by atoms with E-state index in [-0.39, 0.29) is 37.9 Å². The Hall–Kier alpha value is -3.18. The summed E-state index contributed by atoms with van der Waals surface area (Å²) < 4.78 is 24.9. The number of carbonyl (C=O) groups is 2. The molecule has 0 aromatic heterocycles. The molecule has 0 fully saturated rings. The number of allylic oxidation sites excluding steroid dienone is 1. The second kappa shape index (κ2) is 14.8. The predicted octanol–water partition coefficient (Wildman–Crippen LogP) is 2.26. The number of nitrogens with zero attached hydrogens (tertiary/aromatic N) is 1. The molecule has 0 aliphatic heterocycles. The maximum atomic E-state index is 11.5. The summed E-state index contributed by atoms with van der Waals surface area (Å²) in [7, 11) is 0. The van der Waals surface area contributed by atoms with Gasteiger partial charge in [0, 0.05) is 18.7 Å². The van der Waals surface area contributed by atoms with Crippen molar-refractivity contribution in [3.63, 3.8) is 0 Å². The number of nitrogens with one attached hydrogen (secondary N) is 1. The fourth-order valence-electron chi connectivity index (χ4n) is 1.74. The zero-order valence-corrected chi connectivity index (χ0v) is 15.7. The number of rotatable bonds is 13. The van der Waals surface area contributed by atoms with Gasteiger partial charge in [-0.15, -0.1) is 0 Å². The third-order valence-corrected chi connectivity index (χ3v) is 3.06. The molecule has 0 aliphatic carbocycles. The highest BCUT2D eigenvalue weighted by Gasteiger charge is 2.09. The monoisotopic (exact) mass is 411 g/mol. The molecule has 1 N–H and O–H groups in total. The minimum Gasteiger partial charge on any atom is -0.445 e. The summed E-state index contributed by atoms with van der Waals surface area (Å²) in [6.45, 7) is 4.91. The minimum atomic E-state index is -0.942. The van der Waals surface area contributed by atoms with E-state index in [9.17, 15) is 19.7 Å². The molecule has 11 heteroatoms. The number of amides is 1. The number of benzene rings is 1. The minimum absolute atomic E-state index is 0.0268. The molecular weight excluding hydrogens is 388 g/mol. The highest BCUT2D eigenvalue weighted by molar-refractivity contribution is 5.67. The summed E-state index contributed by atoms with van der Waals surface area (Å²) in [4.78, 5) is 32.6. The molecule has 0 heterocycles. The summed E-state index contributed by atoms with van der Waals surface area (Å²) >= 11 is 0. The Balaban J connectivity index is 1.95. The molecular formula is C18H23N2O9. The predicted molar refractivity (Wildman–Crippen MR) is 101 cm³/mol. The molecule has 0 spiro atoms. The Bertz CT molecular complexity index is 662. The summed E-state index contributed by atoms with van der Waals surface area (Å²) in [5.41, 5.74) is -0.112. The van der Waals surface area contributed by atoms with Crippen LogP contribution in [0.25, 0.3) is 0 Å². The van der Waals surface area contributed by atoms with Gasteiger partial charge in [-0.1, -0.05) is 12.2 Å². The van der Waals surface area contributed by atoms with Crippen molar-refractivity contribution in [1.29, 1.82) is 0 Å². The smallest absolute Gasteiger partial charge is 0.445 e. The molecule has 0 saturated heterocycles. The first kappa shape index (κ1) is 23.9. The van der Waals surface area contributed by atoms with Gasteiger partial charge in [0.05, 0.1) is 31.4 Å². The SMILES string of the molecule is [CH2]/C=C/COC(=O)NCCOCCOCCOC(=O)Oc1ccc([N+](=O)[O-])cc1. The lowest BCUT2D eigenvalue weighted by Gasteiger charge is -2.08. The number of alkyl carbamates (subject to hydrolysis) is 1. The first-order valence-corrected chi connectivity index (χ1v) is 8.62. The Morgan fingerprint density at radius 1 is 1.03 bits per heavy atom. The molecule has 0 aliphatic rings. The lowest BCUT2D eigenvalue weighted by Crippen LogP contribution is -2.28. The van der Waals surface area contributed by atoms with Crippen LogP contribution >= 0.6 is 0 Å². The summed E-state index contributed by atoms with van der Waals surface area (Å²) in [5, 5.41) is 13.0. The lowest BCUT2D eigenvalue weighted by molar-refractivity contribution is -0.384. The van der Waals surface area contributed by atoms with Crippen molar-refractivity contribution < 1.29 is 38.2 Å². The fourth-order valence-corrected chi connectivity index (χ4v) is 1.74. The van der Waals surface area contributed by atoms with Gasteiger partial charge in [-0.3, -0.25) is 10.1 Å². The van der Waals surface area contributed by atoms with Crippen LogP contribution < -0.4 is 10.1 Å². The largest absolute Gasteiger partial charge is 0.513 e. The van der Waals surface area contributed by atoms with Crippen LogP contribution in [0.5, 0.6) is 5.75 Å². The Morgan fingerprint density at radius 3 is 2.34 bits per heavy atom. The van der Waals surface area contributed by atoms with Gasteiger partial charge in [0.1, 0.15) is 19.0 Å². The molecule has 29 heavy (non-hydrogen) atoms. The third-order valence-electron chi connectivity index (χ3n) is 3.06. The van der Waals surface area contributed by atoms with E-state index in [1.807, 2.05) is 0 Å². The third kappa shape index (κ3) is 12.0. The molecule has 0 unspecified atom stereocenters. The van der Waals surface area contributed by atoms with Gasteiger partial charge in [0.2, 0.25) is 0 Å². The number of hydrogen-bond donors (Lipinski definition) is 1. The van der Waals surface area contributed by atoms with Gasteiger partial charge < -0.3 is 29.0 Å². The van der Waals surface area contributed by atoms with Crippen LogP contribution in [0.3, 0.4) is 0 Å². The second-order valence-electron chi connectivity index (χ2n) is 5.17. The maximum absolute atomic E-state index is 11.5. The van der Waals surface area contributed by atoms with E-state index in [2.05, 4.69) is 12.2 Å². The molecule has 1 rings (SSSR count). The van der Waals surface area contributed by atoms with Crippen molar-refractivity contribution in [3.05, 3.63) is 53.5 Å². The normalized spacial score (nSPS) is 10.5. The van der Waals surface area contributed by atoms with Gasteiger partial charge in [-0.05, 0) is 19.1 Å². The van der Waals surface area contributed by atoms with E-state index in [4.69, 9.17) is 23.7 Å². The molecule has 159 valence electrons. The quantitative estimate of drug-likeness (QED) is 0.170. The van der Waals surface area contributed by atoms with E-state index in [0.29, 0.717) is 19.8 Å². The Labute approximate surface area is 167 Å². The highest BCUT2D eigenvalue weighted by atomic mass is 16.7. The van der Waals surface area contributed by atoms with Crippen molar-refractivity contribution >= 4 is 17.9 Å². The zero-order valence-electron chi connectivity index (χ0n) is 15.7. The van der Waals surface area contributed by atoms with Crippen molar-refractivity contribution in [2.75, 3.05) is 46.2 Å². The molecule has 0 bridgehead atoms. The summed E-state index contributed by atoms with van der Waals surface area (Å²) in [6.07, 6.45) is 1.65. The summed E-state index contributed by atoms with van der Waals surface area (Å²) in [6, 6.07) is 5.01. The van der Waals surface area contributed by atoms with Crippen LogP contribution in [0, 0.1) is 17.0 Å². The van der Waals surface area contributed by atoms with Gasteiger partial charge in [-0.25, -0.2) is 9.59 Å². The van der Waals surface area contributed by atoms with E-state index >= 15 is 0 Å². The number of hydrogen-bond acceptors (Lipinski definition) is 9. The van der Waals surface area contributed by atoms with Crippen LogP contribution in [0.1, 0.15) is 0 Å². The van der Waals surface area contributed by atoms with Crippen molar-refractivity contribution in [3.8, 4) is 5.75 Å². The molecule has 1 amide bonds. The molecule has 0 atom stereocenters. The highest BCUT2D eigenvalue weighted by Crippen LogP contribution is 2.17. The standard InChI is InChI=1S/C18H23N2O9/c1-2-3-9-27-17(21)19-8-10-25-11-12-26-13-14-28-18(22)29-16-6-4-15(5-7-16)20(23)24/h2-7H,1,8-14H2,(H,19,21)/b3-2+. The van der Waals surface area contributed by atoms with Crippen LogP contribution in [0.4, 0.5) is 15.3 Å². The molecule has 1 aromatic carbocycles. The van der Waals surface area contributed by atoms with Crippen molar-refractivity contribution in [2.24, 2.45) is 0 Å². The van der Waals surface area contributed by atoms with Gasteiger partial charge in [0.15, 0.2) is 0 Å². The zero-order chi connectivity index (χ0) is 21.3. The Kier molecular flexibility index (Phi) is 12.2. The van der Waals surface area contributed by atoms with Gasteiger partial charge in [-0.2, -0.15) is 0 Å². The lowest BCUT2D eigenvalue weighted by atomic mass is 10.3. The van der Waals surface area contributed by atoms with Crippen LogP contribution in [0.15, 0.2) is 36.4 Å². The first-order valence-electron chi connectivity index (χ1n) is 8.62. The average Bonchev–Trinajstić information content (AvgIpc) is 2.70. The molecule has 1 aromatic rings. The Morgan fingerprint density at radius 2 is 1.69 bits per heavy atom. The van der Waals surface area contributed by atoms with Crippen molar-refractivity contribution in [1.82, 2.24) is 5.32 Å². The molecule has 0 saturated carbocycles. The fraction of sp³-hybridized carbons (Fsp3) is 0.389. The van der Waals surface area contributed by atoms with Crippen LogP contribution in [-0.4, -0.2) is 63.4 Å². The van der Waals surface area contributed by atoms with Gasteiger partial charge >= 0.3 is 12.2 Å². The van der Waals surface area contributed by atoms with E-state index in [0.717, 1.165) is 0 Å². The maximum Gasteiger partial charge on any atom is 0.513 e. The van der Waals surface area contributed by atoms with Crippen LogP contribution in [-0.2, 0) is 18.9 Å². The van der Waals surface area contributed by atoms with Gasteiger partial charge in [0.25, 0.3) is 5.69 Å². The first-order chi connectivity index (χ1) is 14.0. The van der Waals surface area contributed by atoms with E-state index in [1.165, 1.54) is 30.3 Å². The topological polar surface area (TPSA) is 135 Å². The van der Waals surface area contributed by atoms with Crippen molar-refractivity contribution in [2.45, 2.75) is 0 Å². The number of non-ortho nitro benzene ring substituents is 1. The van der Waals surface area contributed by atoms with E-state index in [1.54, 1.807) is 6.08 Å². The number of nitro groups is 1. The second-order valence-corrected chi connectivity index (χ2v) is 5.17. The number of ether oxygens (including phenoxy) is 5. The summed E-state index contributed by atoms with van der Waals surface area (Å²) in [5.74, 6) is 0.131. The van der Waals surface area contributed by atoms with E-state index < -0.39 is 17.2 Å². The molecule has 11 nitrogen and oxygen atoms in total. The average molecular weight is 411 g/mol. The molecule has 1 radical (unpaired) electrons. The number of nitro benzene ring substituents is 1. The number of carbonyl (C=O) groups excluding carboxylic acids is 2.